The van der Waals surface area contributed by atoms with Gasteiger partial charge in [-0.3, -0.25) is 4.79 Å². The molecule has 0 saturated carbocycles. The van der Waals surface area contributed by atoms with Crippen LogP contribution in [0.1, 0.15) is 15.9 Å². The van der Waals surface area contributed by atoms with Crippen molar-refractivity contribution in [3.8, 4) is 0 Å². The maximum Gasteiger partial charge on any atom is 0.337 e. The maximum absolute atomic E-state index is 12.5. The molecule has 2 aromatic carbocycles. The largest absolute Gasteiger partial charge is 0.465 e. The Labute approximate surface area is 183 Å². The molecule has 1 amide bonds. The summed E-state index contributed by atoms with van der Waals surface area (Å²) in [6, 6.07) is 12.6. The molecule has 1 aromatic heterocycles. The van der Waals surface area contributed by atoms with Gasteiger partial charge in [0.1, 0.15) is 0 Å². The summed E-state index contributed by atoms with van der Waals surface area (Å²) in [6.45, 7) is 2.75. The highest BCUT2D eigenvalue weighted by Gasteiger charge is 2.22. The number of nitrogens with zero attached hydrogens (tertiary/aromatic N) is 3. The Kier molecular flexibility index (Phi) is 6.01. The van der Waals surface area contributed by atoms with E-state index in [1.807, 2.05) is 23.1 Å². The predicted molar refractivity (Wildman–Crippen MR) is 120 cm³/mol. The average molecular weight is 442 g/mol. The Morgan fingerprint density at radius 1 is 1.10 bits per heavy atom. The Morgan fingerprint density at radius 3 is 2.53 bits per heavy atom. The molecule has 4 rings (SSSR count). The van der Waals surface area contributed by atoms with E-state index < -0.39 is 0 Å². The molecular formula is C22H20ClN3O3S. The zero-order valence-electron chi connectivity index (χ0n) is 16.4. The highest BCUT2D eigenvalue weighted by Crippen LogP contribution is 2.31. The first-order valence-corrected chi connectivity index (χ1v) is 10.7. The van der Waals surface area contributed by atoms with Crippen molar-refractivity contribution in [1.29, 1.82) is 0 Å². The van der Waals surface area contributed by atoms with Crippen LogP contribution in [0.15, 0.2) is 48.5 Å². The Balaban J connectivity index is 1.34. The van der Waals surface area contributed by atoms with Crippen molar-refractivity contribution in [2.45, 2.75) is 0 Å². The van der Waals surface area contributed by atoms with E-state index >= 15 is 0 Å². The summed E-state index contributed by atoms with van der Waals surface area (Å²) in [7, 11) is 1.35. The number of thiazole rings is 1. The number of carbonyl (C=O) groups is 2. The SMILES string of the molecule is COC(=O)c1ccc(/C=C/C(=O)N2CCN(c3nc4ccc(Cl)cc4s3)CC2)cc1. The zero-order chi connectivity index (χ0) is 21.1. The van der Waals surface area contributed by atoms with E-state index in [-0.39, 0.29) is 11.9 Å². The minimum absolute atomic E-state index is 0.0252. The number of hydrogen-bond acceptors (Lipinski definition) is 6. The Bertz CT molecular complexity index is 1100. The third-order valence-electron chi connectivity index (χ3n) is 4.95. The lowest BCUT2D eigenvalue weighted by molar-refractivity contribution is -0.126. The van der Waals surface area contributed by atoms with Gasteiger partial charge in [0, 0.05) is 37.3 Å². The standard InChI is InChI=1S/C22H20ClN3O3S/c1-29-21(28)16-5-2-15(3-6-16)4-9-20(27)25-10-12-26(13-11-25)22-24-18-8-7-17(23)14-19(18)30-22/h2-9,14H,10-13H2,1H3/b9-4+. The number of carbonyl (C=O) groups excluding carboxylic acids is 2. The summed E-state index contributed by atoms with van der Waals surface area (Å²) < 4.78 is 5.75. The molecule has 0 spiro atoms. The summed E-state index contributed by atoms with van der Waals surface area (Å²) in [5.41, 5.74) is 2.27. The van der Waals surface area contributed by atoms with Crippen LogP contribution >= 0.6 is 22.9 Å². The molecule has 154 valence electrons. The van der Waals surface area contributed by atoms with E-state index in [0.717, 1.165) is 34.0 Å². The van der Waals surface area contributed by atoms with Crippen molar-refractivity contribution >= 4 is 56.2 Å². The number of hydrogen-bond donors (Lipinski definition) is 0. The van der Waals surface area contributed by atoms with Crippen molar-refractivity contribution in [1.82, 2.24) is 9.88 Å². The van der Waals surface area contributed by atoms with Crippen LogP contribution in [-0.2, 0) is 9.53 Å². The lowest BCUT2D eigenvalue weighted by Gasteiger charge is -2.34. The fourth-order valence-corrected chi connectivity index (χ4v) is 4.55. The van der Waals surface area contributed by atoms with Gasteiger partial charge in [-0.05, 0) is 42.0 Å². The van der Waals surface area contributed by atoms with Gasteiger partial charge in [-0.1, -0.05) is 35.1 Å². The number of benzene rings is 2. The first-order valence-electron chi connectivity index (χ1n) is 9.50. The molecule has 1 aliphatic rings. The molecule has 1 aliphatic heterocycles. The van der Waals surface area contributed by atoms with E-state index in [9.17, 15) is 9.59 Å². The molecule has 3 aromatic rings. The number of methoxy groups -OCH3 is 1. The van der Waals surface area contributed by atoms with E-state index in [4.69, 9.17) is 11.6 Å². The molecule has 0 bridgehead atoms. The lowest BCUT2D eigenvalue weighted by atomic mass is 10.1. The number of fused-ring (bicyclic) bond motifs is 1. The fraction of sp³-hybridized carbons (Fsp3) is 0.227. The van der Waals surface area contributed by atoms with Crippen LogP contribution < -0.4 is 4.90 Å². The quantitative estimate of drug-likeness (QED) is 0.450. The summed E-state index contributed by atoms with van der Waals surface area (Å²) in [5, 5.41) is 1.67. The number of piperazine rings is 1. The number of aromatic nitrogens is 1. The first-order chi connectivity index (χ1) is 14.5. The number of anilines is 1. The topological polar surface area (TPSA) is 62.7 Å². The number of amides is 1. The zero-order valence-corrected chi connectivity index (χ0v) is 17.9. The molecule has 0 radical (unpaired) electrons. The molecule has 2 heterocycles. The molecule has 0 unspecified atom stereocenters. The second kappa shape index (κ2) is 8.85. The van der Waals surface area contributed by atoms with Gasteiger partial charge in [-0.2, -0.15) is 0 Å². The molecule has 6 nitrogen and oxygen atoms in total. The number of esters is 1. The van der Waals surface area contributed by atoms with Crippen LogP contribution in [0.5, 0.6) is 0 Å². The lowest BCUT2D eigenvalue weighted by Crippen LogP contribution is -2.48. The number of ether oxygens (including phenoxy) is 1. The van der Waals surface area contributed by atoms with Gasteiger partial charge in [0.15, 0.2) is 5.13 Å². The minimum atomic E-state index is -0.379. The number of halogens is 1. The van der Waals surface area contributed by atoms with Crippen molar-refractivity contribution in [3.63, 3.8) is 0 Å². The van der Waals surface area contributed by atoms with Gasteiger partial charge in [-0.25, -0.2) is 9.78 Å². The maximum atomic E-state index is 12.5. The van der Waals surface area contributed by atoms with Crippen molar-refractivity contribution in [2.24, 2.45) is 0 Å². The van der Waals surface area contributed by atoms with Crippen LogP contribution in [-0.4, -0.2) is 55.0 Å². The molecule has 1 fully saturated rings. The van der Waals surface area contributed by atoms with Gasteiger partial charge in [-0.15, -0.1) is 0 Å². The van der Waals surface area contributed by atoms with Crippen LogP contribution in [0.3, 0.4) is 0 Å². The second-order valence-electron chi connectivity index (χ2n) is 6.87. The van der Waals surface area contributed by atoms with E-state index in [1.165, 1.54) is 7.11 Å². The van der Waals surface area contributed by atoms with Gasteiger partial charge in [0.05, 0.1) is 22.9 Å². The van der Waals surface area contributed by atoms with Crippen molar-refractivity contribution in [2.75, 3.05) is 38.2 Å². The first kappa shape index (κ1) is 20.4. The van der Waals surface area contributed by atoms with Crippen LogP contribution in [0.4, 0.5) is 5.13 Å². The van der Waals surface area contributed by atoms with Crippen LogP contribution in [0.2, 0.25) is 5.02 Å². The summed E-state index contributed by atoms with van der Waals surface area (Å²) >= 11 is 7.68. The molecule has 0 N–H and O–H groups in total. The molecule has 0 aliphatic carbocycles. The highest BCUT2D eigenvalue weighted by atomic mass is 35.5. The molecule has 8 heteroatoms. The van der Waals surface area contributed by atoms with E-state index in [1.54, 1.807) is 47.8 Å². The Morgan fingerprint density at radius 2 is 1.83 bits per heavy atom. The monoisotopic (exact) mass is 441 g/mol. The molecule has 0 atom stereocenters. The van der Waals surface area contributed by atoms with E-state index in [2.05, 4.69) is 14.6 Å². The average Bonchev–Trinajstić information content (AvgIpc) is 3.20. The highest BCUT2D eigenvalue weighted by molar-refractivity contribution is 7.22. The minimum Gasteiger partial charge on any atom is -0.465 e. The summed E-state index contributed by atoms with van der Waals surface area (Å²) in [5.74, 6) is -0.404. The summed E-state index contributed by atoms with van der Waals surface area (Å²) in [4.78, 5) is 32.7. The normalized spacial score (nSPS) is 14.5. The molecule has 1 saturated heterocycles. The van der Waals surface area contributed by atoms with E-state index in [0.29, 0.717) is 23.7 Å². The fourth-order valence-electron chi connectivity index (χ4n) is 3.26. The van der Waals surface area contributed by atoms with Gasteiger partial charge in [0.2, 0.25) is 5.91 Å². The second-order valence-corrected chi connectivity index (χ2v) is 8.31. The van der Waals surface area contributed by atoms with Crippen molar-refractivity contribution < 1.29 is 14.3 Å². The molecule has 30 heavy (non-hydrogen) atoms. The van der Waals surface area contributed by atoms with Gasteiger partial charge >= 0.3 is 5.97 Å². The van der Waals surface area contributed by atoms with Gasteiger partial charge < -0.3 is 14.5 Å². The van der Waals surface area contributed by atoms with Crippen molar-refractivity contribution in [3.05, 3.63) is 64.7 Å². The summed E-state index contributed by atoms with van der Waals surface area (Å²) in [6.07, 6.45) is 3.33. The third-order valence-corrected chi connectivity index (χ3v) is 6.27. The van der Waals surface area contributed by atoms with Gasteiger partial charge in [0.25, 0.3) is 0 Å². The van der Waals surface area contributed by atoms with Crippen LogP contribution in [0, 0.1) is 0 Å². The van der Waals surface area contributed by atoms with Crippen LogP contribution in [0.25, 0.3) is 16.3 Å². The third kappa shape index (κ3) is 4.47. The Hall–Kier alpha value is -2.90. The smallest absolute Gasteiger partial charge is 0.337 e. The predicted octanol–water partition coefficient (Wildman–Crippen LogP) is 4.10. The molecular weight excluding hydrogens is 422 g/mol. The number of rotatable bonds is 4.